The van der Waals surface area contributed by atoms with E-state index < -0.39 is 16.2 Å². The lowest BCUT2D eigenvalue weighted by Gasteiger charge is -2.34. The average molecular weight is 947 g/mol. The summed E-state index contributed by atoms with van der Waals surface area (Å²) < 4.78 is 0. The van der Waals surface area contributed by atoms with Gasteiger partial charge in [0.1, 0.15) is 0 Å². The monoisotopic (exact) mass is 946 g/mol. The molecular formula is C75H46. The fraction of sp³-hybridized carbons (Fsp3) is 0.0400. The fourth-order valence-corrected chi connectivity index (χ4v) is 15.5. The van der Waals surface area contributed by atoms with Crippen LogP contribution in [0.15, 0.2) is 279 Å². The molecule has 0 radical (unpaired) electrons. The van der Waals surface area contributed by atoms with E-state index in [0.29, 0.717) is 0 Å². The van der Waals surface area contributed by atoms with Crippen molar-refractivity contribution in [1.29, 1.82) is 0 Å². The van der Waals surface area contributed by atoms with Gasteiger partial charge < -0.3 is 0 Å². The van der Waals surface area contributed by atoms with Crippen LogP contribution in [0.3, 0.4) is 0 Å². The van der Waals surface area contributed by atoms with Crippen molar-refractivity contribution in [2.45, 2.75) is 16.2 Å². The van der Waals surface area contributed by atoms with Crippen molar-refractivity contribution < 1.29 is 0 Å². The number of benzene rings is 12. The molecule has 0 saturated heterocycles. The van der Waals surface area contributed by atoms with E-state index in [0.717, 1.165) is 0 Å². The Labute approximate surface area is 437 Å². The average Bonchev–Trinajstić information content (AvgIpc) is 4.24. The fourth-order valence-electron chi connectivity index (χ4n) is 15.5. The summed E-state index contributed by atoms with van der Waals surface area (Å²) in [5.41, 5.74) is 32.6. The number of fused-ring (bicyclic) bond motifs is 23. The number of hydrogen-bond donors (Lipinski definition) is 0. The molecule has 0 heteroatoms. The molecule has 0 aromatic heterocycles. The Morgan fingerprint density at radius 1 is 0.160 bits per heavy atom. The Balaban J connectivity index is 0.881. The van der Waals surface area contributed by atoms with E-state index in [1.54, 1.807) is 0 Å². The molecule has 5 aliphatic carbocycles. The highest BCUT2D eigenvalue weighted by atomic mass is 14.5. The largest absolute Gasteiger partial charge is 0.0725 e. The molecule has 0 fully saturated rings. The lowest BCUT2D eigenvalue weighted by molar-refractivity contribution is 0.769. The minimum absolute atomic E-state index is 0.414. The van der Waals surface area contributed by atoms with Crippen LogP contribution in [0.5, 0.6) is 0 Å². The van der Waals surface area contributed by atoms with Crippen molar-refractivity contribution in [3.05, 3.63) is 346 Å². The van der Waals surface area contributed by atoms with E-state index in [2.05, 4.69) is 279 Å². The molecule has 0 unspecified atom stereocenters. The minimum atomic E-state index is -0.614. The summed E-state index contributed by atoms with van der Waals surface area (Å²) in [6.07, 6.45) is 0. The summed E-state index contributed by atoms with van der Waals surface area (Å²) >= 11 is 0. The molecule has 17 rings (SSSR count). The standard InChI is InChI=1S/C75H46/c1-9-33-62-53(24-1)54-25-2-10-34-63(54)73(62,50-22-17-20-47(44-50)48-42-43-60-59-30-7-15-39-68(59)75(71(60)46-48)66-37-13-5-28-57(66)58-29-6-14-38-67(58)75)51-23-18-21-49(45-51)52-32-19-41-70-72(52)61-31-8-16-40-69(61)74(70)64-35-11-3-26-55(64)56-27-4-12-36-65(56)74/h1-46H. The van der Waals surface area contributed by atoms with Gasteiger partial charge in [-0.3, -0.25) is 0 Å². The molecule has 5 aliphatic rings. The zero-order valence-electron chi connectivity index (χ0n) is 41.1. The van der Waals surface area contributed by atoms with Gasteiger partial charge in [-0.15, -0.1) is 0 Å². The molecule has 0 bridgehead atoms. The Morgan fingerprint density at radius 2 is 0.453 bits per heavy atom. The quantitative estimate of drug-likeness (QED) is 0.165. The Kier molecular flexibility index (Phi) is 8.16. The van der Waals surface area contributed by atoms with Gasteiger partial charge in [0, 0.05) is 0 Å². The first-order chi connectivity index (χ1) is 37.2. The summed E-state index contributed by atoms with van der Waals surface area (Å²) in [4.78, 5) is 0. The van der Waals surface area contributed by atoms with Gasteiger partial charge in [0.2, 0.25) is 0 Å². The molecule has 75 heavy (non-hydrogen) atoms. The molecule has 12 aromatic rings. The van der Waals surface area contributed by atoms with Crippen LogP contribution in [-0.4, -0.2) is 0 Å². The van der Waals surface area contributed by atoms with Gasteiger partial charge in [-0.1, -0.05) is 261 Å². The predicted octanol–water partition coefficient (Wildman–Crippen LogP) is 18.1. The molecule has 0 saturated carbocycles. The first kappa shape index (κ1) is 41.1. The number of rotatable bonds is 4. The van der Waals surface area contributed by atoms with Crippen molar-refractivity contribution in [1.82, 2.24) is 0 Å². The molecule has 0 nitrogen and oxygen atoms in total. The van der Waals surface area contributed by atoms with Crippen molar-refractivity contribution in [2.24, 2.45) is 0 Å². The maximum absolute atomic E-state index is 2.53. The van der Waals surface area contributed by atoms with Crippen molar-refractivity contribution in [2.75, 3.05) is 0 Å². The van der Waals surface area contributed by atoms with E-state index in [-0.39, 0.29) is 0 Å². The molecule has 12 aromatic carbocycles. The predicted molar refractivity (Wildman–Crippen MR) is 307 cm³/mol. The first-order valence-electron chi connectivity index (χ1n) is 26.5. The highest BCUT2D eigenvalue weighted by molar-refractivity contribution is 6.01. The van der Waals surface area contributed by atoms with Gasteiger partial charge in [-0.05, 0) is 163 Å². The third-order valence-electron chi connectivity index (χ3n) is 18.2. The lowest BCUT2D eigenvalue weighted by Crippen LogP contribution is -2.28. The minimum Gasteiger partial charge on any atom is -0.0619 e. The summed E-state index contributed by atoms with van der Waals surface area (Å²) in [5, 5.41) is 0. The van der Waals surface area contributed by atoms with Crippen LogP contribution in [-0.2, 0) is 16.2 Å². The van der Waals surface area contributed by atoms with Crippen LogP contribution in [0.4, 0.5) is 0 Å². The molecule has 0 heterocycles. The van der Waals surface area contributed by atoms with Gasteiger partial charge in [0.25, 0.3) is 0 Å². The molecule has 346 valence electrons. The second-order valence-electron chi connectivity index (χ2n) is 21.3. The Morgan fingerprint density at radius 3 is 0.907 bits per heavy atom. The van der Waals surface area contributed by atoms with Gasteiger partial charge in [-0.2, -0.15) is 0 Å². The van der Waals surface area contributed by atoms with E-state index in [9.17, 15) is 0 Å². The van der Waals surface area contributed by atoms with Crippen LogP contribution in [0.2, 0.25) is 0 Å². The third kappa shape index (κ3) is 4.98. The summed E-state index contributed by atoms with van der Waals surface area (Å²) in [6.45, 7) is 0. The zero-order valence-corrected chi connectivity index (χ0v) is 41.1. The Bertz CT molecular complexity index is 4290. The molecule has 2 spiro atoms. The van der Waals surface area contributed by atoms with Crippen LogP contribution in [0.25, 0.3) is 77.9 Å². The molecule has 0 amide bonds. The van der Waals surface area contributed by atoms with Crippen LogP contribution in [0, 0.1) is 0 Å². The highest BCUT2D eigenvalue weighted by Crippen LogP contribution is 2.66. The second kappa shape index (κ2) is 14.9. The number of hydrogen-bond acceptors (Lipinski definition) is 0. The van der Waals surface area contributed by atoms with Gasteiger partial charge in [-0.25, -0.2) is 0 Å². The van der Waals surface area contributed by atoms with Gasteiger partial charge >= 0.3 is 0 Å². The smallest absolute Gasteiger partial charge is 0.0619 e. The normalized spacial score (nSPS) is 15.0. The van der Waals surface area contributed by atoms with Crippen LogP contribution < -0.4 is 0 Å². The first-order valence-corrected chi connectivity index (χ1v) is 26.5. The van der Waals surface area contributed by atoms with E-state index in [1.807, 2.05) is 0 Å². The van der Waals surface area contributed by atoms with E-state index >= 15 is 0 Å². The lowest BCUT2D eigenvalue weighted by atomic mass is 9.67. The zero-order chi connectivity index (χ0) is 49.0. The molecule has 0 aliphatic heterocycles. The van der Waals surface area contributed by atoms with E-state index in [1.165, 1.54) is 145 Å². The highest BCUT2D eigenvalue weighted by Gasteiger charge is 2.54. The second-order valence-corrected chi connectivity index (χ2v) is 21.3. The molecule has 0 atom stereocenters. The van der Waals surface area contributed by atoms with Crippen LogP contribution in [0.1, 0.15) is 66.8 Å². The molecular weight excluding hydrogens is 901 g/mol. The SMILES string of the molecule is c1cc(-c2ccc3c(c2)C2(c4ccccc4-c4ccccc42)c2ccccc2-3)cc(C2(c3cccc(-c4cccc5c4-c4ccccc4C54c5ccccc5-c5ccccc54)c3)c3ccccc3-c3ccccc32)c1. The molecule has 0 N–H and O–H groups in total. The maximum Gasteiger partial charge on any atom is 0.0725 e. The topological polar surface area (TPSA) is 0 Å². The summed E-state index contributed by atoms with van der Waals surface area (Å²) in [5.74, 6) is 0. The van der Waals surface area contributed by atoms with Gasteiger partial charge in [0.15, 0.2) is 0 Å². The maximum atomic E-state index is 2.53. The van der Waals surface area contributed by atoms with Crippen molar-refractivity contribution in [3.63, 3.8) is 0 Å². The van der Waals surface area contributed by atoms with E-state index in [4.69, 9.17) is 0 Å². The summed E-state index contributed by atoms with van der Waals surface area (Å²) in [7, 11) is 0. The summed E-state index contributed by atoms with van der Waals surface area (Å²) in [6, 6.07) is 106. The van der Waals surface area contributed by atoms with Crippen molar-refractivity contribution in [3.8, 4) is 77.9 Å². The van der Waals surface area contributed by atoms with Crippen molar-refractivity contribution >= 4 is 0 Å². The Hall–Kier alpha value is -9.36. The third-order valence-corrected chi connectivity index (χ3v) is 18.2. The van der Waals surface area contributed by atoms with Gasteiger partial charge in [0.05, 0.1) is 16.2 Å². The van der Waals surface area contributed by atoms with Crippen LogP contribution >= 0.6 is 0 Å².